The van der Waals surface area contributed by atoms with E-state index in [0.29, 0.717) is 11.1 Å². The number of fused-ring (bicyclic) bond motifs is 1. The molecule has 0 radical (unpaired) electrons. The van der Waals surface area contributed by atoms with E-state index in [1.54, 1.807) is 25.2 Å². The SMILES string of the molecule is Cc1cccc(C(=O)OCC(=O)c2ccc3c(c2)CC(=O)N3C)c1[N+](=O)[O-]. The van der Waals surface area contributed by atoms with E-state index in [1.807, 2.05) is 0 Å². The molecule has 0 N–H and O–H groups in total. The summed E-state index contributed by atoms with van der Waals surface area (Å²) in [5, 5.41) is 11.2. The number of Topliss-reactive ketones (excluding diaryl/α,β-unsaturated/α-hetero) is 1. The molecular formula is C19H16N2O6. The molecule has 0 bridgehead atoms. The van der Waals surface area contributed by atoms with Gasteiger partial charge in [-0.05, 0) is 36.8 Å². The highest BCUT2D eigenvalue weighted by molar-refractivity contribution is 6.04. The van der Waals surface area contributed by atoms with Crippen LogP contribution in [-0.4, -0.2) is 36.2 Å². The fraction of sp³-hybridized carbons (Fsp3) is 0.211. The van der Waals surface area contributed by atoms with Gasteiger partial charge in [-0.1, -0.05) is 12.1 Å². The van der Waals surface area contributed by atoms with Crippen molar-refractivity contribution in [1.29, 1.82) is 0 Å². The summed E-state index contributed by atoms with van der Waals surface area (Å²) < 4.78 is 4.98. The number of carbonyl (C=O) groups excluding carboxylic acids is 3. The van der Waals surface area contributed by atoms with Gasteiger partial charge >= 0.3 is 5.97 Å². The Morgan fingerprint density at radius 1 is 1.26 bits per heavy atom. The van der Waals surface area contributed by atoms with Crippen LogP contribution in [-0.2, 0) is 16.0 Å². The molecule has 2 aromatic rings. The van der Waals surface area contributed by atoms with E-state index in [9.17, 15) is 24.5 Å². The number of nitrogens with zero attached hydrogens (tertiary/aromatic N) is 2. The Morgan fingerprint density at radius 3 is 2.70 bits per heavy atom. The van der Waals surface area contributed by atoms with Crippen molar-refractivity contribution in [1.82, 2.24) is 0 Å². The van der Waals surface area contributed by atoms with Crippen molar-refractivity contribution in [3.05, 3.63) is 68.8 Å². The van der Waals surface area contributed by atoms with E-state index in [2.05, 4.69) is 0 Å². The number of likely N-dealkylation sites (N-methyl/N-ethyl adjacent to an activating group) is 1. The van der Waals surface area contributed by atoms with E-state index in [4.69, 9.17) is 4.74 Å². The molecule has 0 atom stereocenters. The maximum atomic E-state index is 12.3. The Kier molecular flexibility index (Phi) is 4.72. The molecular weight excluding hydrogens is 352 g/mol. The molecule has 1 amide bonds. The fourth-order valence-corrected chi connectivity index (χ4v) is 3.00. The lowest BCUT2D eigenvalue weighted by Crippen LogP contribution is -2.20. The van der Waals surface area contributed by atoms with Crippen LogP contribution in [0.3, 0.4) is 0 Å². The van der Waals surface area contributed by atoms with Gasteiger partial charge in [0.2, 0.25) is 5.91 Å². The zero-order chi connectivity index (χ0) is 19.7. The Morgan fingerprint density at radius 2 is 2.00 bits per heavy atom. The monoisotopic (exact) mass is 368 g/mol. The van der Waals surface area contributed by atoms with Crippen LogP contribution in [0, 0.1) is 17.0 Å². The maximum absolute atomic E-state index is 12.3. The van der Waals surface area contributed by atoms with Crippen LogP contribution in [0.15, 0.2) is 36.4 Å². The third-order valence-electron chi connectivity index (χ3n) is 4.45. The zero-order valence-corrected chi connectivity index (χ0v) is 14.7. The van der Waals surface area contributed by atoms with Gasteiger partial charge in [-0.2, -0.15) is 0 Å². The molecule has 0 fully saturated rings. The standard InChI is InChI=1S/C19H16N2O6/c1-11-4-3-5-14(18(11)21(25)26)19(24)27-10-16(22)12-6-7-15-13(8-12)9-17(23)20(15)2/h3-8H,9-10H2,1-2H3. The molecule has 1 heterocycles. The predicted octanol–water partition coefficient (Wildman–Crippen LogP) is 2.46. The predicted molar refractivity (Wildman–Crippen MR) is 96.0 cm³/mol. The van der Waals surface area contributed by atoms with Gasteiger partial charge in [-0.15, -0.1) is 0 Å². The Bertz CT molecular complexity index is 982. The number of esters is 1. The fourth-order valence-electron chi connectivity index (χ4n) is 3.00. The average molecular weight is 368 g/mol. The normalized spacial score (nSPS) is 12.7. The van der Waals surface area contributed by atoms with Crippen LogP contribution < -0.4 is 4.90 Å². The minimum Gasteiger partial charge on any atom is -0.454 e. The van der Waals surface area contributed by atoms with E-state index < -0.39 is 23.3 Å². The molecule has 0 saturated carbocycles. The number of benzene rings is 2. The van der Waals surface area contributed by atoms with E-state index in [1.165, 1.54) is 30.0 Å². The molecule has 0 spiro atoms. The third-order valence-corrected chi connectivity index (χ3v) is 4.45. The lowest BCUT2D eigenvalue weighted by atomic mass is 10.1. The number of ether oxygens (including phenoxy) is 1. The molecule has 0 aliphatic carbocycles. The van der Waals surface area contributed by atoms with Gasteiger partial charge in [-0.3, -0.25) is 19.7 Å². The molecule has 1 aliphatic heterocycles. The number of nitro benzene ring substituents is 1. The summed E-state index contributed by atoms with van der Waals surface area (Å²) in [6.45, 7) is 0.968. The van der Waals surface area contributed by atoms with Gasteiger partial charge in [0, 0.05) is 23.9 Å². The molecule has 138 valence electrons. The molecule has 0 unspecified atom stereocenters. The second kappa shape index (κ2) is 6.99. The third kappa shape index (κ3) is 3.41. The average Bonchev–Trinajstić information content (AvgIpc) is 2.92. The molecule has 2 aromatic carbocycles. The second-order valence-corrected chi connectivity index (χ2v) is 6.20. The molecule has 3 rings (SSSR count). The largest absolute Gasteiger partial charge is 0.454 e. The first kappa shape index (κ1) is 18.2. The minimum absolute atomic E-state index is 0.0622. The Labute approximate surface area is 154 Å². The van der Waals surface area contributed by atoms with Crippen LogP contribution in [0.2, 0.25) is 0 Å². The number of hydrogen-bond donors (Lipinski definition) is 0. The van der Waals surface area contributed by atoms with Gasteiger partial charge in [-0.25, -0.2) is 4.79 Å². The van der Waals surface area contributed by atoms with Crippen LogP contribution >= 0.6 is 0 Å². The highest BCUT2D eigenvalue weighted by atomic mass is 16.6. The first-order valence-electron chi connectivity index (χ1n) is 8.13. The number of anilines is 1. The van der Waals surface area contributed by atoms with Gasteiger partial charge in [0.1, 0.15) is 5.56 Å². The molecule has 8 heteroatoms. The highest BCUT2D eigenvalue weighted by Crippen LogP contribution is 2.28. The van der Waals surface area contributed by atoms with Crippen molar-refractivity contribution in [2.24, 2.45) is 0 Å². The minimum atomic E-state index is -0.935. The summed E-state index contributed by atoms with van der Waals surface area (Å²) in [5.74, 6) is -1.45. The van der Waals surface area contributed by atoms with Crippen molar-refractivity contribution < 1.29 is 24.0 Å². The van der Waals surface area contributed by atoms with Gasteiger partial charge in [0.25, 0.3) is 5.69 Å². The summed E-state index contributed by atoms with van der Waals surface area (Å²) in [6, 6.07) is 9.13. The zero-order valence-electron chi connectivity index (χ0n) is 14.7. The topological polar surface area (TPSA) is 107 Å². The second-order valence-electron chi connectivity index (χ2n) is 6.20. The summed E-state index contributed by atoms with van der Waals surface area (Å²) in [6.07, 6.45) is 0.211. The summed E-state index contributed by atoms with van der Waals surface area (Å²) in [4.78, 5) is 48.3. The summed E-state index contributed by atoms with van der Waals surface area (Å²) in [7, 11) is 1.66. The number of nitro groups is 1. The van der Waals surface area contributed by atoms with Crippen LogP contribution in [0.25, 0.3) is 0 Å². The smallest absolute Gasteiger partial charge is 0.345 e. The number of aryl methyl sites for hydroxylation is 1. The molecule has 0 aromatic heterocycles. The molecule has 0 saturated heterocycles. The molecule has 1 aliphatic rings. The van der Waals surface area contributed by atoms with Crippen LogP contribution in [0.4, 0.5) is 11.4 Å². The van der Waals surface area contributed by atoms with Crippen molar-refractivity contribution >= 4 is 29.0 Å². The first-order chi connectivity index (χ1) is 12.8. The lowest BCUT2D eigenvalue weighted by Gasteiger charge is -2.10. The molecule has 8 nitrogen and oxygen atoms in total. The number of hydrogen-bond acceptors (Lipinski definition) is 6. The van der Waals surface area contributed by atoms with E-state index >= 15 is 0 Å². The van der Waals surface area contributed by atoms with Gasteiger partial charge in [0.15, 0.2) is 12.4 Å². The van der Waals surface area contributed by atoms with Gasteiger partial charge < -0.3 is 9.64 Å². The number of ketones is 1. The Balaban J connectivity index is 1.73. The number of carbonyl (C=O) groups is 3. The number of amides is 1. The lowest BCUT2D eigenvalue weighted by molar-refractivity contribution is -0.385. The Hall–Kier alpha value is -3.55. The van der Waals surface area contributed by atoms with Crippen molar-refractivity contribution in [3.8, 4) is 0 Å². The van der Waals surface area contributed by atoms with Crippen LogP contribution in [0.5, 0.6) is 0 Å². The van der Waals surface area contributed by atoms with Crippen molar-refractivity contribution in [3.63, 3.8) is 0 Å². The number of para-hydroxylation sites is 1. The van der Waals surface area contributed by atoms with Crippen molar-refractivity contribution in [2.45, 2.75) is 13.3 Å². The highest BCUT2D eigenvalue weighted by Gasteiger charge is 2.26. The van der Waals surface area contributed by atoms with E-state index in [-0.39, 0.29) is 23.6 Å². The van der Waals surface area contributed by atoms with E-state index in [0.717, 1.165) is 11.3 Å². The quantitative estimate of drug-likeness (QED) is 0.347. The van der Waals surface area contributed by atoms with Crippen molar-refractivity contribution in [2.75, 3.05) is 18.6 Å². The van der Waals surface area contributed by atoms with Crippen LogP contribution in [0.1, 0.15) is 31.8 Å². The van der Waals surface area contributed by atoms with Gasteiger partial charge in [0.05, 0.1) is 11.3 Å². The number of rotatable bonds is 5. The first-order valence-corrected chi connectivity index (χ1v) is 8.13. The summed E-state index contributed by atoms with van der Waals surface area (Å²) >= 11 is 0. The summed E-state index contributed by atoms with van der Waals surface area (Å²) in [5.41, 5.74) is 1.57. The maximum Gasteiger partial charge on any atom is 0.345 e. The molecule has 27 heavy (non-hydrogen) atoms.